The molecule has 0 atom stereocenters. The average molecular weight is 300 g/mol. The molecular formula is C15H26BrN. The summed E-state index contributed by atoms with van der Waals surface area (Å²) in [6.07, 6.45) is 13.1. The minimum atomic E-state index is 1.16. The average Bonchev–Trinajstić information content (AvgIpc) is 2.41. The zero-order valence-electron chi connectivity index (χ0n) is 11.3. The summed E-state index contributed by atoms with van der Waals surface area (Å²) in [5.41, 5.74) is 1.37. The number of rotatable bonds is 8. The first-order valence-corrected chi connectivity index (χ1v) is 8.00. The maximum Gasteiger partial charge on any atom is 0.0299 e. The molecule has 1 rings (SSSR count). The van der Waals surface area contributed by atoms with Crippen molar-refractivity contribution in [2.75, 3.05) is 5.33 Å². The Morgan fingerprint density at radius 2 is 1.65 bits per heavy atom. The monoisotopic (exact) mass is 299 g/mol. The summed E-state index contributed by atoms with van der Waals surface area (Å²) in [5, 5.41) is 1.16. The number of nitrogens with zero attached hydrogens (tertiary/aromatic N) is 1. The molecule has 1 aromatic rings. The molecule has 0 aliphatic rings. The number of hydrogen-bond donors (Lipinski definition) is 0. The molecular weight excluding hydrogens is 274 g/mol. The summed E-state index contributed by atoms with van der Waals surface area (Å²) < 4.78 is 0. The largest absolute Gasteiger partial charge is 0.264 e. The lowest BCUT2D eigenvalue weighted by molar-refractivity contribution is 0.609. The molecule has 0 fully saturated rings. The van der Waals surface area contributed by atoms with Crippen LogP contribution in [0.1, 0.15) is 57.9 Å². The molecule has 2 heteroatoms. The molecule has 0 aromatic carbocycles. The number of aromatic nitrogens is 1. The fourth-order valence-electron chi connectivity index (χ4n) is 1.68. The highest BCUT2D eigenvalue weighted by Crippen LogP contribution is 2.09. The van der Waals surface area contributed by atoms with Gasteiger partial charge >= 0.3 is 0 Å². The molecule has 0 aliphatic carbocycles. The molecule has 1 heterocycles. The number of hydrogen-bond acceptors (Lipinski definition) is 1. The number of halogens is 1. The third-order valence-corrected chi connectivity index (χ3v) is 3.13. The van der Waals surface area contributed by atoms with Crippen molar-refractivity contribution < 1.29 is 0 Å². The van der Waals surface area contributed by atoms with Gasteiger partial charge < -0.3 is 0 Å². The second-order valence-electron chi connectivity index (χ2n) is 3.92. The fourth-order valence-corrected chi connectivity index (χ4v) is 2.07. The van der Waals surface area contributed by atoms with Crippen LogP contribution in [0.2, 0.25) is 0 Å². The highest BCUT2D eigenvalue weighted by atomic mass is 79.9. The molecule has 0 aliphatic heterocycles. The Hall–Kier alpha value is -0.370. The van der Waals surface area contributed by atoms with Crippen molar-refractivity contribution in [2.24, 2.45) is 0 Å². The third kappa shape index (κ3) is 10.5. The van der Waals surface area contributed by atoms with Gasteiger partial charge in [-0.1, -0.05) is 61.5 Å². The van der Waals surface area contributed by atoms with E-state index in [0.717, 1.165) is 5.33 Å². The van der Waals surface area contributed by atoms with Crippen molar-refractivity contribution in [1.29, 1.82) is 0 Å². The summed E-state index contributed by atoms with van der Waals surface area (Å²) >= 11 is 3.46. The van der Waals surface area contributed by atoms with Gasteiger partial charge in [0.05, 0.1) is 0 Å². The second kappa shape index (κ2) is 13.7. The van der Waals surface area contributed by atoms with Crippen molar-refractivity contribution in [1.82, 2.24) is 4.98 Å². The van der Waals surface area contributed by atoms with Gasteiger partial charge in [0.2, 0.25) is 0 Å². The molecule has 0 unspecified atom stereocenters. The SMILES string of the molecule is BrCCCCCCCCc1cccnc1.CC. The molecule has 0 N–H and O–H groups in total. The Morgan fingerprint density at radius 3 is 2.24 bits per heavy atom. The summed E-state index contributed by atoms with van der Waals surface area (Å²) in [5.74, 6) is 0. The van der Waals surface area contributed by atoms with Crippen molar-refractivity contribution in [3.63, 3.8) is 0 Å². The van der Waals surface area contributed by atoms with Crippen LogP contribution < -0.4 is 0 Å². The van der Waals surface area contributed by atoms with Crippen LogP contribution in [0.3, 0.4) is 0 Å². The first-order chi connectivity index (χ1) is 8.43. The van der Waals surface area contributed by atoms with Gasteiger partial charge in [0.15, 0.2) is 0 Å². The minimum absolute atomic E-state index is 1.16. The van der Waals surface area contributed by atoms with Gasteiger partial charge in [-0.15, -0.1) is 0 Å². The Morgan fingerprint density at radius 1 is 1.00 bits per heavy atom. The summed E-state index contributed by atoms with van der Waals surface area (Å²) in [6.45, 7) is 4.00. The van der Waals surface area contributed by atoms with E-state index in [0.29, 0.717) is 0 Å². The van der Waals surface area contributed by atoms with Crippen LogP contribution in [-0.2, 0) is 6.42 Å². The lowest BCUT2D eigenvalue weighted by Crippen LogP contribution is -1.87. The number of pyridine rings is 1. The molecule has 1 aromatic heterocycles. The van der Waals surface area contributed by atoms with Crippen LogP contribution in [0.15, 0.2) is 24.5 Å². The highest BCUT2D eigenvalue weighted by Gasteiger charge is 1.93. The molecule has 1 nitrogen and oxygen atoms in total. The van der Waals surface area contributed by atoms with Gasteiger partial charge in [0.25, 0.3) is 0 Å². The number of alkyl halides is 1. The normalized spacial score (nSPS) is 9.59. The van der Waals surface area contributed by atoms with Crippen LogP contribution in [0.25, 0.3) is 0 Å². The number of aryl methyl sites for hydroxylation is 1. The van der Waals surface area contributed by atoms with Gasteiger partial charge in [0.1, 0.15) is 0 Å². The zero-order chi connectivity index (χ0) is 12.8. The molecule has 0 amide bonds. The summed E-state index contributed by atoms with van der Waals surface area (Å²) in [7, 11) is 0. The van der Waals surface area contributed by atoms with Gasteiger partial charge in [-0.05, 0) is 30.9 Å². The molecule has 0 bridgehead atoms. The van der Waals surface area contributed by atoms with E-state index in [1.54, 1.807) is 0 Å². The van der Waals surface area contributed by atoms with Gasteiger partial charge in [-0.2, -0.15) is 0 Å². The molecule has 0 radical (unpaired) electrons. The molecule has 0 spiro atoms. The molecule has 0 saturated carbocycles. The quantitative estimate of drug-likeness (QED) is 0.463. The van der Waals surface area contributed by atoms with E-state index in [1.165, 1.54) is 50.5 Å². The van der Waals surface area contributed by atoms with Crippen LogP contribution in [-0.4, -0.2) is 10.3 Å². The van der Waals surface area contributed by atoms with Crippen LogP contribution >= 0.6 is 15.9 Å². The summed E-state index contributed by atoms with van der Waals surface area (Å²) in [4.78, 5) is 4.12. The minimum Gasteiger partial charge on any atom is -0.264 e. The smallest absolute Gasteiger partial charge is 0.0299 e. The van der Waals surface area contributed by atoms with Crippen molar-refractivity contribution in [3.8, 4) is 0 Å². The third-order valence-electron chi connectivity index (χ3n) is 2.57. The second-order valence-corrected chi connectivity index (χ2v) is 4.71. The first-order valence-electron chi connectivity index (χ1n) is 6.88. The predicted octanol–water partition coefficient (Wildman–Crippen LogP) is 5.39. The van der Waals surface area contributed by atoms with Gasteiger partial charge in [-0.3, -0.25) is 4.98 Å². The maximum atomic E-state index is 4.12. The predicted molar refractivity (Wildman–Crippen MR) is 80.8 cm³/mol. The van der Waals surface area contributed by atoms with Gasteiger partial charge in [0, 0.05) is 17.7 Å². The van der Waals surface area contributed by atoms with E-state index < -0.39 is 0 Å². The Balaban J connectivity index is 0.00000121. The van der Waals surface area contributed by atoms with E-state index >= 15 is 0 Å². The standard InChI is InChI=1S/C13H20BrN.C2H6/c14-10-6-4-2-1-3-5-8-13-9-7-11-15-12-13;1-2/h7,9,11-12H,1-6,8,10H2;1-2H3. The van der Waals surface area contributed by atoms with Crippen LogP contribution in [0, 0.1) is 0 Å². The zero-order valence-corrected chi connectivity index (χ0v) is 12.9. The van der Waals surface area contributed by atoms with Crippen LogP contribution in [0.5, 0.6) is 0 Å². The van der Waals surface area contributed by atoms with E-state index in [9.17, 15) is 0 Å². The van der Waals surface area contributed by atoms with Crippen molar-refractivity contribution in [3.05, 3.63) is 30.1 Å². The Kier molecular flexibility index (Phi) is 13.4. The fraction of sp³-hybridized carbons (Fsp3) is 0.667. The lowest BCUT2D eigenvalue weighted by atomic mass is 10.1. The number of unbranched alkanes of at least 4 members (excludes halogenated alkanes) is 5. The lowest BCUT2D eigenvalue weighted by Gasteiger charge is -2.01. The highest BCUT2D eigenvalue weighted by molar-refractivity contribution is 9.09. The molecule has 98 valence electrons. The van der Waals surface area contributed by atoms with Crippen molar-refractivity contribution >= 4 is 15.9 Å². The molecule has 17 heavy (non-hydrogen) atoms. The van der Waals surface area contributed by atoms with E-state index in [4.69, 9.17) is 0 Å². The molecule has 0 saturated heterocycles. The van der Waals surface area contributed by atoms with Crippen LogP contribution in [0.4, 0.5) is 0 Å². The first kappa shape index (κ1) is 16.6. The maximum absolute atomic E-state index is 4.12. The summed E-state index contributed by atoms with van der Waals surface area (Å²) in [6, 6.07) is 4.18. The van der Waals surface area contributed by atoms with E-state index in [-0.39, 0.29) is 0 Å². The van der Waals surface area contributed by atoms with E-state index in [1.807, 2.05) is 32.3 Å². The Bertz CT molecular complexity index is 236. The topological polar surface area (TPSA) is 12.9 Å². The van der Waals surface area contributed by atoms with Gasteiger partial charge in [-0.25, -0.2) is 0 Å². The van der Waals surface area contributed by atoms with Crippen molar-refractivity contribution in [2.45, 2.75) is 58.8 Å². The van der Waals surface area contributed by atoms with E-state index in [2.05, 4.69) is 27.0 Å². The Labute approximate surface area is 115 Å².